The van der Waals surface area contributed by atoms with Gasteiger partial charge in [-0.05, 0) is 18.6 Å². The number of aromatic nitrogens is 2. The van der Waals surface area contributed by atoms with E-state index in [0.717, 1.165) is 10.6 Å². The largest absolute Gasteiger partial charge is 0.334 e. The summed E-state index contributed by atoms with van der Waals surface area (Å²) < 4.78 is 0.786. The Morgan fingerprint density at radius 2 is 2.00 bits per heavy atom. The standard InChI is InChI=1S/C12H9Cl2N3O4/c1-2-7-10(14)15-12(19)16(11(7)18)6-3-4-8(13)9(5-6)17(20)21/h3-5H,2H2,1H3,(H,15,19). The van der Waals surface area contributed by atoms with Gasteiger partial charge in [-0.15, -0.1) is 0 Å². The molecule has 1 heterocycles. The quantitative estimate of drug-likeness (QED) is 0.530. The van der Waals surface area contributed by atoms with Crippen molar-refractivity contribution in [2.24, 2.45) is 0 Å². The number of aromatic amines is 1. The molecule has 9 heteroatoms. The van der Waals surface area contributed by atoms with Gasteiger partial charge in [0.25, 0.3) is 11.2 Å². The maximum absolute atomic E-state index is 12.3. The molecule has 1 aromatic heterocycles. The van der Waals surface area contributed by atoms with Gasteiger partial charge in [-0.25, -0.2) is 9.36 Å². The summed E-state index contributed by atoms with van der Waals surface area (Å²) in [5.74, 6) is 0. The van der Waals surface area contributed by atoms with Crippen LogP contribution in [0.1, 0.15) is 12.5 Å². The Bertz CT molecular complexity index is 841. The van der Waals surface area contributed by atoms with Crippen LogP contribution in [0.2, 0.25) is 10.2 Å². The summed E-state index contributed by atoms with van der Waals surface area (Å²) in [5.41, 5.74) is -1.53. The molecule has 0 bridgehead atoms. The molecule has 0 aliphatic carbocycles. The van der Waals surface area contributed by atoms with Crippen LogP contribution in [0.4, 0.5) is 5.69 Å². The van der Waals surface area contributed by atoms with Gasteiger partial charge < -0.3 is 0 Å². The first-order valence-electron chi connectivity index (χ1n) is 5.84. The van der Waals surface area contributed by atoms with Gasteiger partial charge in [0.05, 0.1) is 16.2 Å². The Balaban J connectivity index is 2.80. The predicted molar refractivity (Wildman–Crippen MR) is 78.7 cm³/mol. The van der Waals surface area contributed by atoms with Gasteiger partial charge >= 0.3 is 5.69 Å². The van der Waals surface area contributed by atoms with Crippen molar-refractivity contribution in [3.8, 4) is 5.69 Å². The topological polar surface area (TPSA) is 98.0 Å². The molecule has 0 atom stereocenters. The fraction of sp³-hybridized carbons (Fsp3) is 0.167. The van der Waals surface area contributed by atoms with Crippen LogP contribution < -0.4 is 11.2 Å². The minimum atomic E-state index is -0.779. The first-order chi connectivity index (χ1) is 9.86. The van der Waals surface area contributed by atoms with Crippen LogP contribution in [0.5, 0.6) is 0 Å². The third-order valence-corrected chi connectivity index (χ3v) is 3.53. The van der Waals surface area contributed by atoms with Crippen LogP contribution in [0.25, 0.3) is 5.69 Å². The molecule has 0 saturated heterocycles. The lowest BCUT2D eigenvalue weighted by molar-refractivity contribution is -0.384. The molecule has 2 aromatic rings. The zero-order valence-electron chi connectivity index (χ0n) is 10.7. The third kappa shape index (κ3) is 2.70. The van der Waals surface area contributed by atoms with Gasteiger partial charge in [0, 0.05) is 6.07 Å². The number of hydrogen-bond donors (Lipinski definition) is 1. The summed E-state index contributed by atoms with van der Waals surface area (Å²) in [6.07, 6.45) is 0.310. The molecule has 0 amide bonds. The van der Waals surface area contributed by atoms with Crippen molar-refractivity contribution in [2.45, 2.75) is 13.3 Å². The van der Waals surface area contributed by atoms with E-state index < -0.39 is 21.9 Å². The van der Waals surface area contributed by atoms with E-state index in [9.17, 15) is 19.7 Å². The molecular weight excluding hydrogens is 321 g/mol. The zero-order valence-corrected chi connectivity index (χ0v) is 12.2. The Labute approximate surface area is 127 Å². The number of benzene rings is 1. The second-order valence-corrected chi connectivity index (χ2v) is 4.89. The average Bonchev–Trinajstić information content (AvgIpc) is 2.40. The first-order valence-corrected chi connectivity index (χ1v) is 6.60. The first kappa shape index (κ1) is 15.3. The van der Waals surface area contributed by atoms with Crippen molar-refractivity contribution >= 4 is 28.9 Å². The van der Waals surface area contributed by atoms with Gasteiger partial charge in [-0.3, -0.25) is 19.9 Å². The number of nitrogens with zero attached hydrogens (tertiary/aromatic N) is 2. The van der Waals surface area contributed by atoms with Crippen molar-refractivity contribution in [3.05, 3.63) is 64.9 Å². The van der Waals surface area contributed by atoms with E-state index in [2.05, 4.69) is 4.98 Å². The minimum Gasteiger partial charge on any atom is -0.297 e. The monoisotopic (exact) mass is 329 g/mol. The molecule has 0 aliphatic rings. The van der Waals surface area contributed by atoms with Gasteiger partial charge in [0.1, 0.15) is 10.2 Å². The number of nitrogens with one attached hydrogen (secondary N) is 1. The zero-order chi connectivity index (χ0) is 15.7. The molecule has 1 N–H and O–H groups in total. The molecule has 2 rings (SSSR count). The van der Waals surface area contributed by atoms with Crippen LogP contribution in [0.3, 0.4) is 0 Å². The van der Waals surface area contributed by atoms with Gasteiger partial charge in [0.15, 0.2) is 0 Å². The Morgan fingerprint density at radius 1 is 1.33 bits per heavy atom. The van der Waals surface area contributed by atoms with Gasteiger partial charge in [-0.2, -0.15) is 0 Å². The minimum absolute atomic E-state index is 0.0350. The number of halogens is 2. The molecule has 0 aliphatic heterocycles. The van der Waals surface area contributed by atoms with Crippen LogP contribution in [-0.4, -0.2) is 14.5 Å². The lowest BCUT2D eigenvalue weighted by atomic mass is 10.2. The molecule has 7 nitrogen and oxygen atoms in total. The third-order valence-electron chi connectivity index (χ3n) is 2.88. The molecular formula is C12H9Cl2N3O4. The van der Waals surface area contributed by atoms with E-state index >= 15 is 0 Å². The molecule has 0 saturated carbocycles. The predicted octanol–water partition coefficient (Wildman–Crippen LogP) is 2.30. The van der Waals surface area contributed by atoms with Gasteiger partial charge in [-0.1, -0.05) is 30.1 Å². The van der Waals surface area contributed by atoms with Crippen LogP contribution >= 0.6 is 23.2 Å². The van der Waals surface area contributed by atoms with E-state index in [0.29, 0.717) is 6.42 Å². The Kier molecular flexibility index (Phi) is 4.15. The van der Waals surface area contributed by atoms with E-state index in [1.165, 1.54) is 12.1 Å². The fourth-order valence-electron chi connectivity index (χ4n) is 1.87. The van der Waals surface area contributed by atoms with Crippen molar-refractivity contribution < 1.29 is 4.92 Å². The maximum atomic E-state index is 12.3. The highest BCUT2D eigenvalue weighted by molar-refractivity contribution is 6.32. The summed E-state index contributed by atoms with van der Waals surface area (Å²) >= 11 is 11.5. The second kappa shape index (κ2) is 5.71. The maximum Gasteiger partial charge on any atom is 0.334 e. The molecule has 0 fully saturated rings. The molecule has 21 heavy (non-hydrogen) atoms. The lowest BCUT2D eigenvalue weighted by Gasteiger charge is -2.08. The van der Waals surface area contributed by atoms with Crippen molar-refractivity contribution in [1.29, 1.82) is 0 Å². The SMILES string of the molecule is CCc1c(Cl)[nH]c(=O)n(-c2ccc(Cl)c([N+](=O)[O-])c2)c1=O. The van der Waals surface area contributed by atoms with Crippen molar-refractivity contribution in [1.82, 2.24) is 9.55 Å². The highest BCUT2D eigenvalue weighted by atomic mass is 35.5. The lowest BCUT2D eigenvalue weighted by Crippen LogP contribution is -2.36. The van der Waals surface area contributed by atoms with Crippen LogP contribution in [0, 0.1) is 10.1 Å². The number of rotatable bonds is 3. The van der Waals surface area contributed by atoms with Crippen LogP contribution in [-0.2, 0) is 6.42 Å². The summed E-state index contributed by atoms with van der Waals surface area (Å²) in [6, 6.07) is 3.66. The number of nitro groups is 1. The number of hydrogen-bond acceptors (Lipinski definition) is 4. The molecule has 0 radical (unpaired) electrons. The van der Waals surface area contributed by atoms with Gasteiger partial charge in [0.2, 0.25) is 0 Å². The highest BCUT2D eigenvalue weighted by Gasteiger charge is 2.17. The van der Waals surface area contributed by atoms with E-state index in [4.69, 9.17) is 23.2 Å². The summed E-state index contributed by atoms with van der Waals surface area (Å²) in [7, 11) is 0. The normalized spacial score (nSPS) is 10.6. The van der Waals surface area contributed by atoms with Crippen LogP contribution in [0.15, 0.2) is 27.8 Å². The molecule has 0 spiro atoms. The fourth-order valence-corrected chi connectivity index (χ4v) is 2.35. The van der Waals surface area contributed by atoms with E-state index in [1.54, 1.807) is 6.92 Å². The Morgan fingerprint density at radius 3 is 2.57 bits per heavy atom. The molecule has 110 valence electrons. The molecule has 1 aromatic carbocycles. The smallest absolute Gasteiger partial charge is 0.297 e. The summed E-state index contributed by atoms with van der Waals surface area (Å²) in [6.45, 7) is 1.70. The molecule has 0 unspecified atom stereocenters. The highest BCUT2D eigenvalue weighted by Crippen LogP contribution is 2.26. The summed E-state index contributed by atoms with van der Waals surface area (Å²) in [5, 5.41) is 10.8. The van der Waals surface area contributed by atoms with E-state index in [-0.39, 0.29) is 21.4 Å². The second-order valence-electron chi connectivity index (χ2n) is 4.11. The number of nitro benzene ring substituents is 1. The number of H-pyrrole nitrogens is 1. The summed E-state index contributed by atoms with van der Waals surface area (Å²) in [4.78, 5) is 36.7. The van der Waals surface area contributed by atoms with Crippen molar-refractivity contribution in [2.75, 3.05) is 0 Å². The van der Waals surface area contributed by atoms with E-state index in [1.807, 2.05) is 0 Å². The van der Waals surface area contributed by atoms with Crippen molar-refractivity contribution in [3.63, 3.8) is 0 Å². The average molecular weight is 330 g/mol. The Hall–Kier alpha value is -2.12.